The van der Waals surface area contributed by atoms with Gasteiger partial charge in [-0.1, -0.05) is 24.3 Å². The van der Waals surface area contributed by atoms with Crippen LogP contribution in [0.1, 0.15) is 30.0 Å². The summed E-state index contributed by atoms with van der Waals surface area (Å²) in [5.41, 5.74) is 10.7. The van der Waals surface area contributed by atoms with Gasteiger partial charge in [0.1, 0.15) is 11.8 Å². The van der Waals surface area contributed by atoms with Crippen LogP contribution < -0.4 is 5.73 Å². The van der Waals surface area contributed by atoms with Crippen LogP contribution in [-0.4, -0.2) is 48.9 Å². The van der Waals surface area contributed by atoms with Crippen LogP contribution in [0.15, 0.2) is 36.7 Å². The van der Waals surface area contributed by atoms with Gasteiger partial charge in [-0.05, 0) is 30.0 Å². The average Bonchev–Trinajstić information content (AvgIpc) is 3.09. The number of hydrogen-bond acceptors (Lipinski definition) is 5. The monoisotopic (exact) mass is 367 g/mol. The van der Waals surface area contributed by atoms with Crippen molar-refractivity contribution >= 4 is 17.4 Å². The van der Waals surface area contributed by atoms with Gasteiger partial charge in [0.05, 0.1) is 6.61 Å². The van der Waals surface area contributed by atoms with Crippen LogP contribution in [0.4, 0.5) is 10.6 Å². The molecule has 1 saturated heterocycles. The van der Waals surface area contributed by atoms with Crippen molar-refractivity contribution in [3.63, 3.8) is 0 Å². The van der Waals surface area contributed by atoms with Crippen LogP contribution in [-0.2, 0) is 6.61 Å². The predicted octanol–water partition coefficient (Wildman–Crippen LogP) is 2.33. The summed E-state index contributed by atoms with van der Waals surface area (Å²) in [6.45, 7) is 1.01. The first-order chi connectivity index (χ1) is 13.1. The summed E-state index contributed by atoms with van der Waals surface area (Å²) in [5, 5.41) is 22.8. The Kier molecular flexibility index (Phi) is 4.41. The summed E-state index contributed by atoms with van der Waals surface area (Å²) in [6, 6.07) is 9.73. The molecule has 0 bridgehead atoms. The second-order valence-electron chi connectivity index (χ2n) is 6.79. The van der Waals surface area contributed by atoms with Crippen LogP contribution in [0, 0.1) is 0 Å². The Morgan fingerprint density at radius 2 is 1.93 bits per heavy atom. The number of nitrogen functional groups attached to an aromatic ring is 1. The van der Waals surface area contributed by atoms with Crippen LogP contribution in [0.2, 0.25) is 0 Å². The summed E-state index contributed by atoms with van der Waals surface area (Å²) in [6.07, 6.45) is 2.05. The highest BCUT2D eigenvalue weighted by atomic mass is 16.4. The van der Waals surface area contributed by atoms with E-state index in [9.17, 15) is 9.90 Å². The topological polar surface area (TPSA) is 117 Å². The molecule has 8 heteroatoms. The molecule has 1 aromatic carbocycles. The molecule has 4 N–H and O–H groups in total. The van der Waals surface area contributed by atoms with Gasteiger partial charge < -0.3 is 20.8 Å². The molecule has 0 spiro atoms. The number of nitrogens with zero attached hydrogens (tertiary/aromatic N) is 4. The number of fused-ring (bicyclic) bond motifs is 1. The number of aliphatic hydroxyl groups is 1. The van der Waals surface area contributed by atoms with Gasteiger partial charge in [0.2, 0.25) is 0 Å². The van der Waals surface area contributed by atoms with Crippen LogP contribution in [0.5, 0.6) is 0 Å². The molecule has 1 aliphatic heterocycles. The maximum atomic E-state index is 11.2. The van der Waals surface area contributed by atoms with Gasteiger partial charge in [0.15, 0.2) is 5.82 Å². The van der Waals surface area contributed by atoms with Crippen LogP contribution >= 0.6 is 0 Å². The van der Waals surface area contributed by atoms with Crippen molar-refractivity contribution in [1.29, 1.82) is 0 Å². The molecule has 3 aromatic rings. The normalized spacial score (nSPS) is 15.4. The van der Waals surface area contributed by atoms with E-state index in [1.54, 1.807) is 0 Å². The zero-order chi connectivity index (χ0) is 19.0. The van der Waals surface area contributed by atoms with E-state index in [1.165, 1.54) is 11.2 Å². The Morgan fingerprint density at radius 3 is 2.56 bits per heavy atom. The van der Waals surface area contributed by atoms with E-state index in [0.29, 0.717) is 18.9 Å². The Morgan fingerprint density at radius 1 is 1.22 bits per heavy atom. The first kappa shape index (κ1) is 17.3. The maximum Gasteiger partial charge on any atom is 0.407 e. The van der Waals surface area contributed by atoms with E-state index >= 15 is 0 Å². The third kappa shape index (κ3) is 3.08. The van der Waals surface area contributed by atoms with E-state index in [-0.39, 0.29) is 12.5 Å². The van der Waals surface area contributed by atoms with Crippen LogP contribution in [0.3, 0.4) is 0 Å². The predicted molar refractivity (Wildman–Crippen MR) is 100 cm³/mol. The van der Waals surface area contributed by atoms with Crippen molar-refractivity contribution < 1.29 is 15.0 Å². The Bertz CT molecular complexity index is 975. The molecule has 27 heavy (non-hydrogen) atoms. The van der Waals surface area contributed by atoms with Crippen molar-refractivity contribution in [2.24, 2.45) is 0 Å². The Hall–Kier alpha value is -3.13. The first-order valence-corrected chi connectivity index (χ1v) is 8.88. The fraction of sp³-hybridized carbons (Fsp3) is 0.316. The molecule has 0 atom stereocenters. The molecule has 0 unspecified atom stereocenters. The molecule has 8 nitrogen and oxygen atoms in total. The van der Waals surface area contributed by atoms with E-state index in [2.05, 4.69) is 16.1 Å². The highest BCUT2D eigenvalue weighted by Crippen LogP contribution is 2.36. The third-order valence-corrected chi connectivity index (χ3v) is 5.24. The Labute approximate surface area is 155 Å². The number of amides is 1. The second-order valence-corrected chi connectivity index (χ2v) is 6.79. The fourth-order valence-electron chi connectivity index (χ4n) is 3.76. The van der Waals surface area contributed by atoms with E-state index in [1.807, 2.05) is 28.8 Å². The minimum Gasteiger partial charge on any atom is -0.465 e. The maximum absolute atomic E-state index is 11.2. The summed E-state index contributed by atoms with van der Waals surface area (Å²) in [5.74, 6) is 0.605. The molecule has 140 valence electrons. The van der Waals surface area contributed by atoms with Crippen molar-refractivity contribution in [3.8, 4) is 11.1 Å². The zero-order valence-corrected chi connectivity index (χ0v) is 14.7. The van der Waals surface area contributed by atoms with Gasteiger partial charge in [-0.3, -0.25) is 0 Å². The number of hydrogen-bond donors (Lipinski definition) is 3. The molecular formula is C19H21N5O3. The van der Waals surface area contributed by atoms with Crippen molar-refractivity contribution in [2.75, 3.05) is 18.8 Å². The molecular weight excluding hydrogens is 346 g/mol. The van der Waals surface area contributed by atoms with Crippen molar-refractivity contribution in [2.45, 2.75) is 25.4 Å². The van der Waals surface area contributed by atoms with E-state index < -0.39 is 6.09 Å². The van der Waals surface area contributed by atoms with E-state index in [0.717, 1.165) is 40.7 Å². The number of nitrogens with two attached hydrogens (primary N) is 1. The first-order valence-electron chi connectivity index (χ1n) is 8.88. The molecule has 0 radical (unpaired) electrons. The van der Waals surface area contributed by atoms with Gasteiger partial charge in [-0.2, -0.15) is 5.10 Å². The number of aliphatic hydroxyl groups excluding tert-OH is 1. The molecule has 1 amide bonds. The van der Waals surface area contributed by atoms with Crippen molar-refractivity contribution in [1.82, 2.24) is 19.5 Å². The lowest BCUT2D eigenvalue weighted by atomic mass is 9.93. The quantitative estimate of drug-likeness (QED) is 0.654. The molecule has 2 aromatic heterocycles. The molecule has 4 rings (SSSR count). The minimum atomic E-state index is -0.871. The SMILES string of the molecule is Nc1ncnn2c(C3CCN(C(=O)O)CC3)cc(-c3ccc(CO)cc3)c12. The molecule has 3 heterocycles. The van der Waals surface area contributed by atoms with Gasteiger partial charge in [0, 0.05) is 30.3 Å². The molecule has 1 aliphatic rings. The average molecular weight is 367 g/mol. The van der Waals surface area contributed by atoms with Gasteiger partial charge in [-0.15, -0.1) is 0 Å². The number of piperidine rings is 1. The minimum absolute atomic E-state index is 0.00452. The number of anilines is 1. The van der Waals surface area contributed by atoms with Gasteiger partial charge in [0.25, 0.3) is 0 Å². The lowest BCUT2D eigenvalue weighted by molar-refractivity contribution is 0.131. The van der Waals surface area contributed by atoms with Crippen molar-refractivity contribution in [3.05, 3.63) is 47.9 Å². The third-order valence-electron chi connectivity index (χ3n) is 5.24. The van der Waals surface area contributed by atoms with Gasteiger partial charge >= 0.3 is 6.09 Å². The molecule has 1 fully saturated rings. The second kappa shape index (κ2) is 6.88. The number of rotatable bonds is 3. The smallest absolute Gasteiger partial charge is 0.407 e. The zero-order valence-electron chi connectivity index (χ0n) is 14.7. The standard InChI is InChI=1S/C19H21N5O3/c20-18-17-15(13-3-1-12(10-25)2-4-13)9-16(24(17)22-11-21-18)14-5-7-23(8-6-14)19(26)27/h1-4,9,11,14,25H,5-8,10H2,(H,26,27)(H2,20,21,22). The molecule has 0 saturated carbocycles. The number of aromatic nitrogens is 3. The summed E-state index contributed by atoms with van der Waals surface area (Å²) < 4.78 is 1.83. The fourth-order valence-corrected chi connectivity index (χ4v) is 3.76. The largest absolute Gasteiger partial charge is 0.465 e. The summed E-state index contributed by atoms with van der Waals surface area (Å²) in [7, 11) is 0. The van der Waals surface area contributed by atoms with Crippen LogP contribution in [0.25, 0.3) is 16.6 Å². The number of likely N-dealkylation sites (tertiary alicyclic amines) is 1. The number of carbonyl (C=O) groups is 1. The molecule has 0 aliphatic carbocycles. The number of carboxylic acid groups (broad SMARTS) is 1. The summed E-state index contributed by atoms with van der Waals surface area (Å²) >= 11 is 0. The summed E-state index contributed by atoms with van der Waals surface area (Å²) in [4.78, 5) is 16.8. The highest BCUT2D eigenvalue weighted by Gasteiger charge is 2.27. The Balaban J connectivity index is 1.76. The van der Waals surface area contributed by atoms with E-state index in [4.69, 9.17) is 10.8 Å². The lowest BCUT2D eigenvalue weighted by Crippen LogP contribution is -2.37. The van der Waals surface area contributed by atoms with Gasteiger partial charge in [-0.25, -0.2) is 14.3 Å². The highest BCUT2D eigenvalue weighted by molar-refractivity contribution is 5.88. The lowest BCUT2D eigenvalue weighted by Gasteiger charge is -2.29. The number of benzene rings is 1.